The van der Waals surface area contributed by atoms with Gasteiger partial charge in [-0.1, -0.05) is 12.1 Å². The van der Waals surface area contributed by atoms with Gasteiger partial charge >= 0.3 is 0 Å². The van der Waals surface area contributed by atoms with E-state index in [2.05, 4.69) is 4.72 Å². The maximum absolute atomic E-state index is 12.3. The zero-order chi connectivity index (χ0) is 21.7. The summed E-state index contributed by atoms with van der Waals surface area (Å²) in [6.45, 7) is 3.99. The van der Waals surface area contributed by atoms with Gasteiger partial charge in [-0.25, -0.2) is 21.6 Å². The quantitative estimate of drug-likeness (QED) is 0.520. The lowest BCUT2D eigenvalue weighted by molar-refractivity contribution is -0.132. The molecule has 29 heavy (non-hydrogen) atoms. The molecule has 0 aliphatic carbocycles. The number of carbonyl (C=O) groups is 2. The van der Waals surface area contributed by atoms with Crippen molar-refractivity contribution < 1.29 is 26.4 Å². The number of sulfone groups is 1. The summed E-state index contributed by atoms with van der Waals surface area (Å²) in [7, 11) is -6.77. The number of rotatable bonds is 9. The van der Waals surface area contributed by atoms with Gasteiger partial charge in [0.15, 0.2) is 5.78 Å². The lowest BCUT2D eigenvalue weighted by Gasteiger charge is -2.34. The molecule has 0 bridgehead atoms. The van der Waals surface area contributed by atoms with Crippen molar-refractivity contribution >= 4 is 31.6 Å². The molecule has 1 heterocycles. The molecule has 0 atom stereocenters. The van der Waals surface area contributed by atoms with Gasteiger partial charge in [-0.05, 0) is 19.1 Å². The van der Waals surface area contributed by atoms with Gasteiger partial charge in [0.05, 0.1) is 10.6 Å². The molecule has 1 aliphatic rings. The third kappa shape index (κ3) is 7.50. The van der Waals surface area contributed by atoms with Gasteiger partial charge in [-0.3, -0.25) is 14.5 Å². The minimum Gasteiger partial charge on any atom is -0.340 e. The predicted molar refractivity (Wildman–Crippen MR) is 109 cm³/mol. The molecule has 0 spiro atoms. The van der Waals surface area contributed by atoms with Gasteiger partial charge in [0, 0.05) is 57.5 Å². The summed E-state index contributed by atoms with van der Waals surface area (Å²) >= 11 is 0. The molecule has 1 aromatic rings. The topological polar surface area (TPSA) is 121 Å². The monoisotopic (exact) mass is 445 g/mol. The van der Waals surface area contributed by atoms with E-state index >= 15 is 0 Å². The van der Waals surface area contributed by atoms with Crippen molar-refractivity contribution in [3.05, 3.63) is 29.8 Å². The van der Waals surface area contributed by atoms with E-state index in [1.807, 2.05) is 4.90 Å². The number of ketones is 1. The minimum atomic E-state index is -3.76. The van der Waals surface area contributed by atoms with Crippen LogP contribution >= 0.6 is 0 Å². The van der Waals surface area contributed by atoms with Crippen LogP contribution in [-0.2, 0) is 24.7 Å². The summed E-state index contributed by atoms with van der Waals surface area (Å²) < 4.78 is 49.4. The maximum atomic E-state index is 12.3. The summed E-state index contributed by atoms with van der Waals surface area (Å²) in [4.78, 5) is 27.3. The van der Waals surface area contributed by atoms with Crippen LogP contribution in [0, 0.1) is 0 Å². The summed E-state index contributed by atoms with van der Waals surface area (Å²) in [6.07, 6.45) is 1.24. The van der Waals surface area contributed by atoms with Crippen LogP contribution in [0.25, 0.3) is 0 Å². The van der Waals surface area contributed by atoms with Crippen LogP contribution in [0.5, 0.6) is 0 Å². The van der Waals surface area contributed by atoms with E-state index in [1.54, 1.807) is 4.90 Å². The fourth-order valence-corrected chi connectivity index (χ4v) is 4.54. The third-order valence-electron chi connectivity index (χ3n) is 4.71. The SMILES string of the molecule is CC(=O)c1ccc(S(=O)(=O)NCCC(=O)N2CCN(CCS(C)(=O)=O)CC2)cc1. The Hall–Kier alpha value is -1.82. The number of Topliss-reactive ketones (excluding diaryl/α,β-unsaturated/α-hetero) is 1. The van der Waals surface area contributed by atoms with Gasteiger partial charge in [0.2, 0.25) is 15.9 Å². The first-order valence-electron chi connectivity index (χ1n) is 9.26. The molecule has 0 saturated carbocycles. The lowest BCUT2D eigenvalue weighted by atomic mass is 10.2. The molecule has 1 N–H and O–H groups in total. The van der Waals surface area contributed by atoms with E-state index in [4.69, 9.17) is 0 Å². The van der Waals surface area contributed by atoms with Crippen molar-refractivity contribution in [2.24, 2.45) is 0 Å². The van der Waals surface area contributed by atoms with Gasteiger partial charge in [0.25, 0.3) is 0 Å². The maximum Gasteiger partial charge on any atom is 0.240 e. The highest BCUT2D eigenvalue weighted by Crippen LogP contribution is 2.11. The smallest absolute Gasteiger partial charge is 0.240 e. The number of amides is 1. The van der Waals surface area contributed by atoms with Crippen LogP contribution in [0.1, 0.15) is 23.7 Å². The first kappa shape index (κ1) is 23.5. The normalized spacial score (nSPS) is 16.0. The Bertz CT molecular complexity index is 934. The molecule has 0 unspecified atom stereocenters. The molecule has 162 valence electrons. The molecule has 1 aromatic carbocycles. The number of benzene rings is 1. The van der Waals surface area contributed by atoms with Crippen LogP contribution in [0.4, 0.5) is 0 Å². The Balaban J connectivity index is 1.77. The molecule has 9 nitrogen and oxygen atoms in total. The van der Waals surface area contributed by atoms with E-state index < -0.39 is 19.9 Å². The van der Waals surface area contributed by atoms with Crippen molar-refractivity contribution in [1.29, 1.82) is 0 Å². The number of piperazine rings is 1. The first-order chi connectivity index (χ1) is 13.5. The molecule has 11 heteroatoms. The number of hydrogen-bond donors (Lipinski definition) is 1. The van der Waals surface area contributed by atoms with Crippen molar-refractivity contribution in [3.63, 3.8) is 0 Å². The molecule has 1 aliphatic heterocycles. The number of nitrogens with zero attached hydrogens (tertiary/aromatic N) is 2. The van der Waals surface area contributed by atoms with E-state index in [1.165, 1.54) is 37.4 Å². The summed E-state index contributed by atoms with van der Waals surface area (Å²) in [5.41, 5.74) is 0.426. The van der Waals surface area contributed by atoms with Crippen LogP contribution < -0.4 is 4.72 Å². The van der Waals surface area contributed by atoms with Crippen LogP contribution in [0.15, 0.2) is 29.2 Å². The largest absolute Gasteiger partial charge is 0.340 e. The second-order valence-electron chi connectivity index (χ2n) is 7.08. The predicted octanol–water partition coefficient (Wildman–Crippen LogP) is -0.254. The first-order valence-corrected chi connectivity index (χ1v) is 12.8. The average Bonchev–Trinajstić information content (AvgIpc) is 2.66. The summed E-state index contributed by atoms with van der Waals surface area (Å²) in [5, 5.41) is 0. The van der Waals surface area contributed by atoms with Crippen LogP contribution in [0.2, 0.25) is 0 Å². The van der Waals surface area contributed by atoms with Crippen LogP contribution in [-0.4, -0.2) is 89.6 Å². The standard InChI is InChI=1S/C18H27N3O6S2/c1-15(22)16-3-5-17(6-4-16)29(26,27)19-8-7-18(23)21-11-9-20(10-12-21)13-14-28(2,24)25/h3-6,19H,7-14H2,1-2H3. The Labute approximate surface area is 172 Å². The van der Waals surface area contributed by atoms with Crippen molar-refractivity contribution in [2.75, 3.05) is 51.3 Å². The molecule has 0 aromatic heterocycles. The Morgan fingerprint density at radius 1 is 1.00 bits per heavy atom. The van der Waals surface area contributed by atoms with Crippen molar-refractivity contribution in [1.82, 2.24) is 14.5 Å². The molecule has 1 amide bonds. The van der Waals surface area contributed by atoms with Gasteiger partial charge in [0.1, 0.15) is 9.84 Å². The van der Waals surface area contributed by atoms with Gasteiger partial charge in [-0.2, -0.15) is 0 Å². The fraction of sp³-hybridized carbons (Fsp3) is 0.556. The zero-order valence-electron chi connectivity index (χ0n) is 16.6. The molecule has 1 fully saturated rings. The third-order valence-corrected chi connectivity index (χ3v) is 7.11. The number of carbonyl (C=O) groups excluding carboxylic acids is 2. The molecule has 1 saturated heterocycles. The van der Waals surface area contributed by atoms with Gasteiger partial charge in [-0.15, -0.1) is 0 Å². The van der Waals surface area contributed by atoms with Crippen molar-refractivity contribution in [3.8, 4) is 0 Å². The highest BCUT2D eigenvalue weighted by molar-refractivity contribution is 7.90. The van der Waals surface area contributed by atoms with Gasteiger partial charge < -0.3 is 4.90 Å². The highest BCUT2D eigenvalue weighted by Gasteiger charge is 2.22. The number of sulfonamides is 1. The zero-order valence-corrected chi connectivity index (χ0v) is 18.3. The molecular formula is C18H27N3O6S2. The average molecular weight is 446 g/mol. The molecule has 2 rings (SSSR count). The van der Waals surface area contributed by atoms with Crippen LogP contribution in [0.3, 0.4) is 0 Å². The second kappa shape index (κ2) is 9.79. The van der Waals surface area contributed by atoms with E-state index in [-0.39, 0.29) is 35.3 Å². The second-order valence-corrected chi connectivity index (χ2v) is 11.1. The van der Waals surface area contributed by atoms with E-state index in [0.717, 1.165) is 0 Å². The van der Waals surface area contributed by atoms with E-state index in [0.29, 0.717) is 38.3 Å². The minimum absolute atomic E-state index is 0.0239. The summed E-state index contributed by atoms with van der Waals surface area (Å²) in [5.74, 6) is -0.206. The molecule has 0 radical (unpaired) electrons. The number of hydrogen-bond acceptors (Lipinski definition) is 7. The Morgan fingerprint density at radius 3 is 2.10 bits per heavy atom. The van der Waals surface area contributed by atoms with Crippen molar-refractivity contribution in [2.45, 2.75) is 18.2 Å². The summed E-state index contributed by atoms with van der Waals surface area (Å²) in [6, 6.07) is 5.61. The Kier molecular flexibility index (Phi) is 7.92. The fourth-order valence-electron chi connectivity index (χ4n) is 2.92. The Morgan fingerprint density at radius 2 is 1.59 bits per heavy atom. The molecular weight excluding hydrogens is 418 g/mol. The highest BCUT2D eigenvalue weighted by atomic mass is 32.2. The number of nitrogens with one attached hydrogen (secondary N) is 1. The lowest BCUT2D eigenvalue weighted by Crippen LogP contribution is -2.50. The van der Waals surface area contributed by atoms with E-state index in [9.17, 15) is 26.4 Å².